The molecule has 0 spiro atoms. The molecular formula is C24H15FN4O3S. The Kier molecular flexibility index (Phi) is 5.23. The number of carboxylic acid groups (broad SMARTS) is 1. The van der Waals surface area contributed by atoms with Crippen molar-refractivity contribution in [2.24, 2.45) is 4.99 Å². The Morgan fingerprint density at radius 2 is 1.82 bits per heavy atom. The molecule has 0 saturated heterocycles. The Bertz CT molecular complexity index is 1430. The summed E-state index contributed by atoms with van der Waals surface area (Å²) in [5.74, 6) is -1.63. The number of rotatable bonds is 4. The van der Waals surface area contributed by atoms with Gasteiger partial charge in [-0.25, -0.2) is 14.2 Å². The lowest BCUT2D eigenvalue weighted by molar-refractivity contribution is -0.115. The van der Waals surface area contributed by atoms with Crippen LogP contribution in [-0.2, 0) is 4.79 Å². The molecule has 0 fully saturated rings. The highest BCUT2D eigenvalue weighted by molar-refractivity contribution is 7.13. The topological polar surface area (TPSA) is 105 Å². The van der Waals surface area contributed by atoms with Crippen LogP contribution in [-0.4, -0.2) is 32.7 Å². The number of halogens is 1. The average Bonchev–Trinajstić information content (AvgIpc) is 3.25. The summed E-state index contributed by atoms with van der Waals surface area (Å²) in [4.78, 5) is 36.8. The van der Waals surface area contributed by atoms with Crippen molar-refractivity contribution in [3.05, 3.63) is 83.2 Å². The smallest absolute Gasteiger partial charge is 0.355 e. The second-order valence-corrected chi connectivity index (χ2v) is 8.15. The van der Waals surface area contributed by atoms with Gasteiger partial charge in [0.15, 0.2) is 5.69 Å². The number of aromatic nitrogens is 2. The number of nitrogens with zero attached hydrogens (tertiary/aromatic N) is 3. The SMILES string of the molecule is O=C1CC(c2ccnc(-c3nc(C(=O)O)cs3)c2)=Nc2ccc(-c3ccc(F)cc3)cc2N1. The summed E-state index contributed by atoms with van der Waals surface area (Å²) in [7, 11) is 0. The Morgan fingerprint density at radius 1 is 1.03 bits per heavy atom. The molecule has 5 rings (SSSR count). The summed E-state index contributed by atoms with van der Waals surface area (Å²) in [6, 6.07) is 15.1. The van der Waals surface area contributed by atoms with Crippen LogP contribution >= 0.6 is 11.3 Å². The summed E-state index contributed by atoms with van der Waals surface area (Å²) in [6.07, 6.45) is 1.64. The monoisotopic (exact) mass is 458 g/mol. The largest absolute Gasteiger partial charge is 0.476 e. The van der Waals surface area contributed by atoms with Crippen molar-refractivity contribution >= 4 is 40.3 Å². The first-order valence-electron chi connectivity index (χ1n) is 9.89. The van der Waals surface area contributed by atoms with Crippen molar-refractivity contribution in [2.75, 3.05) is 5.32 Å². The van der Waals surface area contributed by atoms with E-state index < -0.39 is 5.97 Å². The molecule has 1 amide bonds. The number of amides is 1. The maximum absolute atomic E-state index is 13.2. The Hall–Kier alpha value is -4.24. The maximum Gasteiger partial charge on any atom is 0.355 e. The molecule has 162 valence electrons. The van der Waals surface area contributed by atoms with Gasteiger partial charge in [-0.3, -0.25) is 14.8 Å². The van der Waals surface area contributed by atoms with E-state index in [1.54, 1.807) is 30.5 Å². The minimum Gasteiger partial charge on any atom is -0.476 e. The molecule has 1 aliphatic heterocycles. The Morgan fingerprint density at radius 3 is 2.58 bits per heavy atom. The number of pyridine rings is 1. The number of hydrogen-bond acceptors (Lipinski definition) is 6. The van der Waals surface area contributed by atoms with Crippen LogP contribution in [0.25, 0.3) is 21.8 Å². The van der Waals surface area contributed by atoms with E-state index in [1.807, 2.05) is 18.2 Å². The molecule has 2 aromatic heterocycles. The standard InChI is InChI=1S/C24H15FN4O3S/c25-16-4-1-13(2-5-16)14-3-6-17-19(9-14)28-22(30)11-18(27-17)15-7-8-26-20(10-15)23-29-21(12-33-23)24(31)32/h1-10,12H,11H2,(H,28,30)(H,31,32). The molecular weight excluding hydrogens is 443 g/mol. The van der Waals surface area contributed by atoms with E-state index in [9.17, 15) is 14.0 Å². The van der Waals surface area contributed by atoms with Crippen molar-refractivity contribution in [1.82, 2.24) is 9.97 Å². The van der Waals surface area contributed by atoms with Gasteiger partial charge in [0.25, 0.3) is 0 Å². The molecule has 0 bridgehead atoms. The molecule has 0 saturated carbocycles. The van der Waals surface area contributed by atoms with Crippen LogP contribution in [0.3, 0.4) is 0 Å². The third-order valence-corrected chi connectivity index (χ3v) is 5.93. The quantitative estimate of drug-likeness (QED) is 0.439. The van der Waals surface area contributed by atoms with Crippen molar-refractivity contribution in [3.8, 4) is 21.8 Å². The highest BCUT2D eigenvalue weighted by Crippen LogP contribution is 2.34. The molecule has 0 unspecified atom stereocenters. The summed E-state index contributed by atoms with van der Waals surface area (Å²) in [5, 5.41) is 13.9. The highest BCUT2D eigenvalue weighted by Gasteiger charge is 2.19. The summed E-state index contributed by atoms with van der Waals surface area (Å²) >= 11 is 1.18. The van der Waals surface area contributed by atoms with Gasteiger partial charge in [0.2, 0.25) is 5.91 Å². The van der Waals surface area contributed by atoms with E-state index in [2.05, 4.69) is 15.3 Å². The first-order chi connectivity index (χ1) is 16.0. The first-order valence-corrected chi connectivity index (χ1v) is 10.8. The van der Waals surface area contributed by atoms with Gasteiger partial charge in [-0.2, -0.15) is 0 Å². The number of hydrogen-bond donors (Lipinski definition) is 2. The van der Waals surface area contributed by atoms with E-state index >= 15 is 0 Å². The number of thiazole rings is 1. The van der Waals surface area contributed by atoms with Crippen molar-refractivity contribution < 1.29 is 19.1 Å². The molecule has 2 N–H and O–H groups in total. The molecule has 0 radical (unpaired) electrons. The number of carbonyl (C=O) groups is 2. The van der Waals surface area contributed by atoms with Crippen LogP contribution in [0.1, 0.15) is 22.5 Å². The van der Waals surface area contributed by atoms with Crippen LogP contribution in [0.4, 0.5) is 15.8 Å². The van der Waals surface area contributed by atoms with Gasteiger partial charge < -0.3 is 10.4 Å². The highest BCUT2D eigenvalue weighted by atomic mass is 32.1. The maximum atomic E-state index is 13.2. The number of carbonyl (C=O) groups excluding carboxylic acids is 1. The van der Waals surface area contributed by atoms with Crippen LogP contribution in [0.5, 0.6) is 0 Å². The van der Waals surface area contributed by atoms with Crippen molar-refractivity contribution in [1.29, 1.82) is 0 Å². The molecule has 7 nitrogen and oxygen atoms in total. The van der Waals surface area contributed by atoms with Crippen LogP contribution in [0.2, 0.25) is 0 Å². The number of aromatic carboxylic acids is 1. The molecule has 3 heterocycles. The minimum atomic E-state index is -1.10. The van der Waals surface area contributed by atoms with Gasteiger partial charge in [0, 0.05) is 17.1 Å². The number of carboxylic acids is 1. The molecule has 33 heavy (non-hydrogen) atoms. The second kappa shape index (κ2) is 8.36. The Labute approximate surface area is 191 Å². The van der Waals surface area contributed by atoms with E-state index in [0.29, 0.717) is 33.4 Å². The summed E-state index contributed by atoms with van der Waals surface area (Å²) < 4.78 is 13.2. The van der Waals surface area contributed by atoms with Gasteiger partial charge in [-0.05, 0) is 47.5 Å². The summed E-state index contributed by atoms with van der Waals surface area (Å²) in [6.45, 7) is 0. The Balaban J connectivity index is 1.51. The third kappa shape index (κ3) is 4.26. The first kappa shape index (κ1) is 20.7. The van der Waals surface area contributed by atoms with Crippen LogP contribution in [0, 0.1) is 5.82 Å². The molecule has 2 aromatic carbocycles. The lowest BCUT2D eigenvalue weighted by Gasteiger charge is -2.08. The normalized spacial score (nSPS) is 13.0. The number of aliphatic imine (C=N–C) groups is 1. The molecule has 0 atom stereocenters. The van der Waals surface area contributed by atoms with E-state index in [1.165, 1.54) is 28.8 Å². The number of benzene rings is 2. The van der Waals surface area contributed by atoms with Gasteiger partial charge >= 0.3 is 5.97 Å². The van der Waals surface area contributed by atoms with Crippen LogP contribution < -0.4 is 5.32 Å². The lowest BCUT2D eigenvalue weighted by atomic mass is 10.0. The number of nitrogens with one attached hydrogen (secondary N) is 1. The average molecular weight is 458 g/mol. The van der Waals surface area contributed by atoms with Gasteiger partial charge in [0.05, 0.1) is 29.2 Å². The van der Waals surface area contributed by atoms with E-state index in [0.717, 1.165) is 11.1 Å². The van der Waals surface area contributed by atoms with Gasteiger partial charge in [-0.15, -0.1) is 11.3 Å². The fourth-order valence-corrected chi connectivity index (χ4v) is 4.23. The fourth-order valence-electron chi connectivity index (χ4n) is 3.47. The third-order valence-electron chi connectivity index (χ3n) is 5.07. The van der Waals surface area contributed by atoms with Crippen LogP contribution in [0.15, 0.2) is 71.2 Å². The second-order valence-electron chi connectivity index (χ2n) is 7.30. The zero-order valence-electron chi connectivity index (χ0n) is 16.9. The zero-order valence-corrected chi connectivity index (χ0v) is 17.8. The molecule has 1 aliphatic rings. The summed E-state index contributed by atoms with van der Waals surface area (Å²) in [5.41, 5.74) is 4.53. The predicted molar refractivity (Wildman–Crippen MR) is 124 cm³/mol. The number of anilines is 1. The number of fused-ring (bicyclic) bond motifs is 1. The van der Waals surface area contributed by atoms with Gasteiger partial charge in [-0.1, -0.05) is 18.2 Å². The van der Waals surface area contributed by atoms with Gasteiger partial charge in [0.1, 0.15) is 10.8 Å². The lowest BCUT2D eigenvalue weighted by Crippen LogP contribution is -2.15. The van der Waals surface area contributed by atoms with Crippen molar-refractivity contribution in [3.63, 3.8) is 0 Å². The van der Waals surface area contributed by atoms with Crippen molar-refractivity contribution in [2.45, 2.75) is 6.42 Å². The fraction of sp³-hybridized carbons (Fsp3) is 0.0417. The van der Waals surface area contributed by atoms with E-state index in [4.69, 9.17) is 10.1 Å². The molecule has 0 aliphatic carbocycles. The van der Waals surface area contributed by atoms with E-state index in [-0.39, 0.29) is 23.8 Å². The zero-order chi connectivity index (χ0) is 22.9. The molecule has 9 heteroatoms. The minimum absolute atomic E-state index is 0.0423. The molecule has 4 aromatic rings. The predicted octanol–water partition coefficient (Wildman–Crippen LogP) is 5.17.